The van der Waals surface area contributed by atoms with Crippen LogP contribution in [0.3, 0.4) is 0 Å². The minimum absolute atomic E-state index is 0.158. The Kier molecular flexibility index (Phi) is 14.8. The van der Waals surface area contributed by atoms with E-state index in [1.54, 1.807) is 20.8 Å². The summed E-state index contributed by atoms with van der Waals surface area (Å²) in [6.45, 7) is 11.6. The van der Waals surface area contributed by atoms with Gasteiger partial charge in [0.05, 0.1) is 46.8 Å². The first kappa shape index (κ1) is 52.3. The Labute approximate surface area is 459 Å². The maximum Gasteiger partial charge on any atom is 0.229 e. The predicted molar refractivity (Wildman–Crippen MR) is 312 cm³/mol. The number of methoxy groups -OCH3 is 1. The highest BCUT2D eigenvalue weighted by Crippen LogP contribution is 2.42. The SMILES string of the molecule is COc1ccc(C(OCCCCCCOc2ccc(-c3nc4cc(-c5nc6cc(-c7nc8cc(N9CCN(C)CC9)ccc8n7C(C)=O)ccc6n5C(C)=O)ccc4n3C(C)=O)cc2)(c2ccccc2)c2ccc(C)cc2)cc1. The number of carbonyl (C=O) groups excluding carboxylic acids is 3. The Morgan fingerprint density at radius 3 is 1.48 bits per heavy atom. The van der Waals surface area contributed by atoms with Gasteiger partial charge in [-0.25, -0.2) is 15.0 Å². The van der Waals surface area contributed by atoms with Crippen molar-refractivity contribution in [3.8, 4) is 45.7 Å². The maximum absolute atomic E-state index is 13.4. The average Bonchev–Trinajstić information content (AvgIpc) is 4.18. The number of nitrogens with zero attached hydrogens (tertiary/aromatic N) is 8. The van der Waals surface area contributed by atoms with E-state index in [0.29, 0.717) is 63.9 Å². The number of aryl methyl sites for hydroxylation is 1. The van der Waals surface area contributed by atoms with Gasteiger partial charge in [0.2, 0.25) is 17.7 Å². The van der Waals surface area contributed by atoms with E-state index < -0.39 is 5.60 Å². The zero-order valence-electron chi connectivity index (χ0n) is 45.6. The van der Waals surface area contributed by atoms with Gasteiger partial charge < -0.3 is 24.0 Å². The number of aromatic nitrogens is 6. The molecule has 0 N–H and O–H groups in total. The number of unbranched alkanes of at least 4 members (excludes halogenated alkanes) is 3. The molecule has 10 aromatic rings. The summed E-state index contributed by atoms with van der Waals surface area (Å²) in [5.74, 6) is 2.39. The van der Waals surface area contributed by atoms with Crippen LogP contribution in [-0.4, -0.2) is 105 Å². The van der Waals surface area contributed by atoms with Crippen LogP contribution in [0.4, 0.5) is 5.69 Å². The number of piperazine rings is 1. The van der Waals surface area contributed by atoms with Gasteiger partial charge in [0, 0.05) is 75.9 Å². The molecule has 3 aromatic heterocycles. The summed E-state index contributed by atoms with van der Waals surface area (Å²) in [6, 6.07) is 52.1. The molecule has 1 aliphatic rings. The lowest BCUT2D eigenvalue weighted by Gasteiger charge is -2.36. The van der Waals surface area contributed by atoms with Crippen molar-refractivity contribution < 1.29 is 28.6 Å². The van der Waals surface area contributed by atoms with Crippen LogP contribution in [0.1, 0.15) is 83.1 Å². The lowest BCUT2D eigenvalue weighted by Crippen LogP contribution is -2.44. The van der Waals surface area contributed by atoms with E-state index in [1.807, 2.05) is 84.9 Å². The van der Waals surface area contributed by atoms with Gasteiger partial charge in [-0.05, 0) is 141 Å². The molecule has 0 aliphatic carbocycles. The lowest BCUT2D eigenvalue weighted by molar-refractivity contribution is 0.0105. The summed E-state index contributed by atoms with van der Waals surface area (Å²) in [6.07, 6.45) is 3.72. The minimum atomic E-state index is -0.796. The second-order valence-electron chi connectivity index (χ2n) is 20.5. The molecule has 4 heterocycles. The van der Waals surface area contributed by atoms with Crippen molar-refractivity contribution in [2.24, 2.45) is 0 Å². The van der Waals surface area contributed by atoms with Gasteiger partial charge in [-0.2, -0.15) is 0 Å². The number of rotatable bonds is 17. The fraction of sp³-hybridized carbons (Fsp3) is 0.262. The molecule has 79 heavy (non-hydrogen) atoms. The Hall–Kier alpha value is -8.72. The summed E-state index contributed by atoms with van der Waals surface area (Å²) in [7, 11) is 3.81. The van der Waals surface area contributed by atoms with Crippen LogP contribution in [0.2, 0.25) is 0 Å². The van der Waals surface area contributed by atoms with Crippen LogP contribution in [0.15, 0.2) is 158 Å². The van der Waals surface area contributed by atoms with E-state index in [2.05, 4.69) is 96.6 Å². The number of likely N-dealkylation sites (N-methyl/N-ethyl adjacent to an activating group) is 1. The normalized spacial score (nSPS) is 13.8. The van der Waals surface area contributed by atoms with Crippen LogP contribution in [0.25, 0.3) is 67.3 Å². The van der Waals surface area contributed by atoms with Crippen molar-refractivity contribution in [3.63, 3.8) is 0 Å². The van der Waals surface area contributed by atoms with Crippen LogP contribution in [0.5, 0.6) is 11.5 Å². The van der Waals surface area contributed by atoms with Gasteiger partial charge >= 0.3 is 0 Å². The molecular formula is C65H64N8O6. The van der Waals surface area contributed by atoms with Crippen LogP contribution < -0.4 is 14.4 Å². The Balaban J connectivity index is 0.766. The summed E-state index contributed by atoms with van der Waals surface area (Å²) >= 11 is 0. The molecule has 1 aliphatic heterocycles. The largest absolute Gasteiger partial charge is 0.497 e. The lowest BCUT2D eigenvalue weighted by atomic mass is 9.79. The molecule has 1 saturated heterocycles. The molecule has 0 radical (unpaired) electrons. The fourth-order valence-electron chi connectivity index (χ4n) is 11.0. The molecule has 0 bridgehead atoms. The molecule has 0 spiro atoms. The molecule has 14 nitrogen and oxygen atoms in total. The van der Waals surface area contributed by atoms with Crippen LogP contribution in [0, 0.1) is 6.92 Å². The van der Waals surface area contributed by atoms with E-state index in [-0.39, 0.29) is 17.7 Å². The number of fused-ring (bicyclic) bond motifs is 3. The third-order valence-corrected chi connectivity index (χ3v) is 15.1. The highest BCUT2D eigenvalue weighted by molar-refractivity contribution is 6.00. The van der Waals surface area contributed by atoms with E-state index in [9.17, 15) is 14.4 Å². The zero-order chi connectivity index (χ0) is 54.8. The Morgan fingerprint density at radius 1 is 0.494 bits per heavy atom. The second-order valence-corrected chi connectivity index (χ2v) is 20.5. The molecule has 1 unspecified atom stereocenters. The first-order valence-corrected chi connectivity index (χ1v) is 27.1. The number of imidazole rings is 3. The molecule has 1 fully saturated rings. The van der Waals surface area contributed by atoms with Crippen LogP contribution >= 0.6 is 0 Å². The predicted octanol–water partition coefficient (Wildman–Crippen LogP) is 12.7. The molecule has 1 atom stereocenters. The summed E-state index contributed by atoms with van der Waals surface area (Å²) in [5.41, 5.74) is 10.6. The topological polar surface area (TPSA) is 139 Å². The van der Waals surface area contributed by atoms with Crippen molar-refractivity contribution in [3.05, 3.63) is 180 Å². The third-order valence-electron chi connectivity index (χ3n) is 15.1. The molecule has 0 saturated carbocycles. The standard InChI is InChI=1S/C65H64N8O6/c1-43-16-22-51(23-17-43)65(50-14-10-9-11-15-50,52-24-29-54(77-6)30-25-52)79-39-13-8-7-12-38-78-55-27-18-47(19-28-55)62-66-56-40-48(20-31-59(56)71(62)44(2)74)63-67-57-41-49(21-32-60(57)72(63)45(3)75)64-68-58-42-53(70-36-34-69(5)35-37-70)26-33-61(58)73(64)46(4)76/h9-11,14-33,40-42H,7-8,12-13,34-39H2,1-6H3. The Bertz CT molecular complexity index is 3860. The van der Waals surface area contributed by atoms with Crippen molar-refractivity contribution in [1.82, 2.24) is 33.6 Å². The number of hydrogen-bond donors (Lipinski definition) is 0. The van der Waals surface area contributed by atoms with Gasteiger partial charge in [0.1, 0.15) is 34.6 Å². The monoisotopic (exact) mass is 1050 g/mol. The average molecular weight is 1050 g/mol. The molecule has 0 amide bonds. The maximum atomic E-state index is 13.4. The molecule has 400 valence electrons. The van der Waals surface area contributed by atoms with Gasteiger partial charge in [0.25, 0.3) is 0 Å². The van der Waals surface area contributed by atoms with Gasteiger partial charge in [0.15, 0.2) is 0 Å². The third kappa shape index (κ3) is 10.3. The van der Waals surface area contributed by atoms with E-state index >= 15 is 0 Å². The number of anilines is 1. The molecule has 14 heteroatoms. The molecule has 11 rings (SSSR count). The fourth-order valence-corrected chi connectivity index (χ4v) is 11.0. The smallest absolute Gasteiger partial charge is 0.229 e. The van der Waals surface area contributed by atoms with Crippen molar-refractivity contribution in [2.75, 3.05) is 58.5 Å². The zero-order valence-corrected chi connectivity index (χ0v) is 45.6. The van der Waals surface area contributed by atoms with E-state index in [0.717, 1.165) is 102 Å². The molecular weight excluding hydrogens is 989 g/mol. The van der Waals surface area contributed by atoms with Gasteiger partial charge in [-0.15, -0.1) is 0 Å². The quantitative estimate of drug-likeness (QED) is 0.0636. The second kappa shape index (κ2) is 22.3. The first-order chi connectivity index (χ1) is 38.4. The van der Waals surface area contributed by atoms with Crippen molar-refractivity contribution in [1.29, 1.82) is 0 Å². The van der Waals surface area contributed by atoms with E-state index in [4.69, 9.17) is 29.2 Å². The van der Waals surface area contributed by atoms with Crippen LogP contribution in [-0.2, 0) is 10.3 Å². The van der Waals surface area contributed by atoms with Gasteiger partial charge in [-0.1, -0.05) is 78.7 Å². The van der Waals surface area contributed by atoms with E-state index in [1.165, 1.54) is 26.3 Å². The summed E-state index contributed by atoms with van der Waals surface area (Å²) in [5, 5.41) is 0. The minimum Gasteiger partial charge on any atom is -0.497 e. The van der Waals surface area contributed by atoms with Crippen molar-refractivity contribution in [2.45, 2.75) is 59.0 Å². The highest BCUT2D eigenvalue weighted by Gasteiger charge is 2.38. The number of carbonyl (C=O) groups is 3. The summed E-state index contributed by atoms with van der Waals surface area (Å²) < 4.78 is 23.6. The first-order valence-electron chi connectivity index (χ1n) is 27.1. The molecule has 7 aromatic carbocycles. The number of benzene rings is 7. The number of ether oxygens (including phenoxy) is 3. The Morgan fingerprint density at radius 2 is 0.949 bits per heavy atom. The number of hydrogen-bond acceptors (Lipinski definition) is 11. The van der Waals surface area contributed by atoms with Gasteiger partial charge in [-0.3, -0.25) is 28.1 Å². The highest BCUT2D eigenvalue weighted by atomic mass is 16.5. The summed E-state index contributed by atoms with van der Waals surface area (Å²) in [4.78, 5) is 59.6. The van der Waals surface area contributed by atoms with Crippen molar-refractivity contribution >= 4 is 56.5 Å².